The molecule has 4 nitrogen and oxygen atoms in total. The lowest BCUT2D eigenvalue weighted by Crippen LogP contribution is -2.01. The first-order chi connectivity index (χ1) is 8.26. The van der Waals surface area contributed by atoms with Crippen LogP contribution < -0.4 is 0 Å². The van der Waals surface area contributed by atoms with Crippen molar-refractivity contribution >= 4 is 17.9 Å². The number of allylic oxidation sites excluding steroid dienone is 1. The highest BCUT2D eigenvalue weighted by molar-refractivity contribution is 6.12. The lowest BCUT2D eigenvalue weighted by Gasteiger charge is -1.94. The van der Waals surface area contributed by atoms with E-state index < -0.39 is 6.09 Å². The number of hydrogen-bond donors (Lipinski definition) is 0. The van der Waals surface area contributed by atoms with E-state index in [1.807, 2.05) is 36.4 Å². The maximum Gasteiger partial charge on any atom is 0.434 e. The Bertz CT molecular complexity index is 470. The minimum Gasteiger partial charge on any atom is -0.448 e. The average Bonchev–Trinajstić information content (AvgIpc) is 2.36. The molecule has 0 saturated carbocycles. The van der Waals surface area contributed by atoms with Crippen LogP contribution in [0.5, 0.6) is 0 Å². The topological polar surface area (TPSA) is 62.4 Å². The maximum absolute atomic E-state index is 11.0. The number of amides is 1. The molecule has 0 aliphatic heterocycles. The Labute approximate surface area is 99.9 Å². The minimum absolute atomic E-state index is 0.0207. The van der Waals surface area contributed by atoms with Gasteiger partial charge in [-0.1, -0.05) is 36.4 Å². The Kier molecular flexibility index (Phi) is 5.18. The molecule has 0 fully saturated rings. The second-order valence-electron chi connectivity index (χ2n) is 3.05. The number of benzene rings is 1. The average molecular weight is 228 g/mol. The normalized spacial score (nSPS) is 11.2. The van der Waals surface area contributed by atoms with Gasteiger partial charge in [-0.05, 0) is 18.6 Å². The van der Waals surface area contributed by atoms with E-state index in [9.17, 15) is 4.79 Å². The van der Waals surface area contributed by atoms with E-state index in [4.69, 9.17) is 5.26 Å². The highest BCUT2D eigenvalue weighted by Gasteiger charge is 1.99. The van der Waals surface area contributed by atoms with Gasteiger partial charge in [0.15, 0.2) is 0 Å². The van der Waals surface area contributed by atoms with Crippen molar-refractivity contribution < 1.29 is 9.53 Å². The second-order valence-corrected chi connectivity index (χ2v) is 3.05. The summed E-state index contributed by atoms with van der Waals surface area (Å²) >= 11 is 0. The zero-order valence-corrected chi connectivity index (χ0v) is 9.46. The van der Waals surface area contributed by atoms with E-state index in [1.54, 1.807) is 13.0 Å². The van der Waals surface area contributed by atoms with Crippen LogP contribution in [0, 0.1) is 11.3 Å². The van der Waals surface area contributed by atoms with Crippen LogP contribution >= 0.6 is 0 Å². The molecule has 0 aliphatic carbocycles. The van der Waals surface area contributed by atoms with Crippen LogP contribution in [0.15, 0.2) is 41.4 Å². The minimum atomic E-state index is -0.748. The molecule has 86 valence electrons. The SMILES string of the molecule is CCOC(=O)/N=C(C#N)\C=C\c1ccccc1. The summed E-state index contributed by atoms with van der Waals surface area (Å²) in [5.74, 6) is 0. The van der Waals surface area contributed by atoms with Crippen LogP contribution in [0.25, 0.3) is 6.08 Å². The van der Waals surface area contributed by atoms with Crippen molar-refractivity contribution in [3.05, 3.63) is 42.0 Å². The molecule has 1 rings (SSSR count). The molecule has 0 saturated heterocycles. The van der Waals surface area contributed by atoms with Gasteiger partial charge in [0.1, 0.15) is 11.8 Å². The summed E-state index contributed by atoms with van der Waals surface area (Å²) < 4.78 is 4.61. The fraction of sp³-hybridized carbons (Fsp3) is 0.154. The van der Waals surface area contributed by atoms with Crippen molar-refractivity contribution in [3.8, 4) is 6.07 Å². The fourth-order valence-electron chi connectivity index (χ4n) is 1.09. The Balaban J connectivity index is 2.75. The van der Waals surface area contributed by atoms with Gasteiger partial charge in [-0.3, -0.25) is 0 Å². The number of carbonyl (C=O) groups is 1. The molecule has 0 spiro atoms. The first kappa shape index (κ1) is 12.7. The smallest absolute Gasteiger partial charge is 0.434 e. The van der Waals surface area contributed by atoms with E-state index >= 15 is 0 Å². The largest absolute Gasteiger partial charge is 0.448 e. The van der Waals surface area contributed by atoms with E-state index in [0.717, 1.165) is 5.56 Å². The third-order valence-electron chi connectivity index (χ3n) is 1.83. The number of ether oxygens (including phenoxy) is 1. The van der Waals surface area contributed by atoms with Crippen LogP contribution in [0.2, 0.25) is 0 Å². The molecule has 0 N–H and O–H groups in total. The predicted octanol–water partition coefficient (Wildman–Crippen LogP) is 2.82. The number of aliphatic imine (C=N–C) groups is 1. The molecule has 0 heterocycles. The summed E-state index contributed by atoms with van der Waals surface area (Å²) in [6, 6.07) is 11.3. The van der Waals surface area contributed by atoms with Gasteiger partial charge in [-0.15, -0.1) is 0 Å². The Morgan fingerprint density at radius 2 is 2.18 bits per heavy atom. The van der Waals surface area contributed by atoms with Crippen LogP contribution in [0.1, 0.15) is 12.5 Å². The van der Waals surface area contributed by atoms with Crippen molar-refractivity contribution in [2.45, 2.75) is 6.92 Å². The summed E-state index contributed by atoms with van der Waals surface area (Å²) in [7, 11) is 0. The van der Waals surface area contributed by atoms with E-state index in [1.165, 1.54) is 6.08 Å². The highest BCUT2D eigenvalue weighted by Crippen LogP contribution is 2.01. The number of nitriles is 1. The molecular formula is C13H12N2O2. The zero-order valence-electron chi connectivity index (χ0n) is 9.46. The standard InChI is InChI=1S/C13H12N2O2/c1-2-17-13(16)15-12(10-14)9-8-11-6-4-3-5-7-11/h3-9H,2H2,1H3/b9-8+,15-12+. The van der Waals surface area contributed by atoms with Crippen molar-refractivity contribution in [2.24, 2.45) is 4.99 Å². The quantitative estimate of drug-likeness (QED) is 0.747. The van der Waals surface area contributed by atoms with E-state index in [0.29, 0.717) is 0 Å². The first-order valence-corrected chi connectivity index (χ1v) is 5.15. The van der Waals surface area contributed by atoms with Crippen LogP contribution in [-0.4, -0.2) is 18.4 Å². The molecule has 0 aromatic heterocycles. The van der Waals surface area contributed by atoms with Crippen molar-refractivity contribution in [1.29, 1.82) is 5.26 Å². The van der Waals surface area contributed by atoms with Gasteiger partial charge in [0, 0.05) is 0 Å². The molecule has 4 heteroatoms. The van der Waals surface area contributed by atoms with Crippen LogP contribution in [0.3, 0.4) is 0 Å². The van der Waals surface area contributed by atoms with Crippen LogP contribution in [-0.2, 0) is 4.74 Å². The summed E-state index contributed by atoms with van der Waals surface area (Å²) in [6.07, 6.45) is 2.44. The van der Waals surface area contributed by atoms with Gasteiger partial charge in [-0.25, -0.2) is 4.79 Å². The molecule has 0 bridgehead atoms. The van der Waals surface area contributed by atoms with Gasteiger partial charge in [0.05, 0.1) is 6.61 Å². The Morgan fingerprint density at radius 3 is 2.76 bits per heavy atom. The van der Waals surface area contributed by atoms with Crippen molar-refractivity contribution in [1.82, 2.24) is 0 Å². The number of carbonyl (C=O) groups excluding carboxylic acids is 1. The van der Waals surface area contributed by atoms with Gasteiger partial charge in [-0.2, -0.15) is 10.3 Å². The maximum atomic E-state index is 11.0. The zero-order chi connectivity index (χ0) is 12.5. The number of rotatable bonds is 3. The van der Waals surface area contributed by atoms with Crippen molar-refractivity contribution in [3.63, 3.8) is 0 Å². The van der Waals surface area contributed by atoms with Gasteiger partial charge in [0.25, 0.3) is 0 Å². The molecule has 0 atom stereocenters. The summed E-state index contributed by atoms with van der Waals surface area (Å²) in [6.45, 7) is 1.92. The first-order valence-electron chi connectivity index (χ1n) is 5.15. The molecule has 0 radical (unpaired) electrons. The molecule has 0 aliphatic rings. The number of nitrogens with zero attached hydrogens (tertiary/aromatic N) is 2. The molecular weight excluding hydrogens is 216 g/mol. The molecule has 1 amide bonds. The summed E-state index contributed by atoms with van der Waals surface area (Å²) in [4.78, 5) is 14.5. The Hall–Kier alpha value is -2.41. The lowest BCUT2D eigenvalue weighted by atomic mass is 10.2. The van der Waals surface area contributed by atoms with E-state index in [-0.39, 0.29) is 12.3 Å². The molecule has 17 heavy (non-hydrogen) atoms. The third kappa shape index (κ3) is 4.76. The fourth-order valence-corrected chi connectivity index (χ4v) is 1.09. The number of hydrogen-bond acceptors (Lipinski definition) is 3. The van der Waals surface area contributed by atoms with Gasteiger partial charge >= 0.3 is 6.09 Å². The lowest BCUT2D eigenvalue weighted by molar-refractivity contribution is 0.163. The molecule has 1 aromatic rings. The molecule has 1 aromatic carbocycles. The second kappa shape index (κ2) is 6.96. The summed E-state index contributed by atoms with van der Waals surface area (Å²) in [5, 5.41) is 8.78. The van der Waals surface area contributed by atoms with Crippen LogP contribution in [0.4, 0.5) is 4.79 Å². The highest BCUT2D eigenvalue weighted by atomic mass is 16.5. The van der Waals surface area contributed by atoms with Crippen molar-refractivity contribution in [2.75, 3.05) is 6.61 Å². The van der Waals surface area contributed by atoms with E-state index in [2.05, 4.69) is 9.73 Å². The van der Waals surface area contributed by atoms with Gasteiger partial charge in [0.2, 0.25) is 0 Å². The monoisotopic (exact) mass is 228 g/mol. The summed E-state index contributed by atoms with van der Waals surface area (Å²) in [5.41, 5.74) is 0.951. The predicted molar refractivity (Wildman–Crippen MR) is 65.5 cm³/mol. The molecule has 0 unspecified atom stereocenters. The third-order valence-corrected chi connectivity index (χ3v) is 1.83. The van der Waals surface area contributed by atoms with Gasteiger partial charge < -0.3 is 4.74 Å². The Morgan fingerprint density at radius 1 is 1.47 bits per heavy atom.